The minimum Gasteiger partial charge on any atom is -0.369 e. The third-order valence-corrected chi connectivity index (χ3v) is 3.93. The van der Waals surface area contributed by atoms with E-state index in [1.807, 2.05) is 36.4 Å². The summed E-state index contributed by atoms with van der Waals surface area (Å²) in [5.74, 6) is 1.72. The molecular formula is C19H19ClN4. The molecule has 3 rings (SSSR count). The van der Waals surface area contributed by atoms with Gasteiger partial charge in [0.05, 0.1) is 0 Å². The van der Waals surface area contributed by atoms with Crippen molar-refractivity contribution in [2.75, 3.05) is 17.2 Å². The molecule has 2 N–H and O–H groups in total. The molecular weight excluding hydrogens is 320 g/mol. The van der Waals surface area contributed by atoms with E-state index in [1.54, 1.807) is 6.20 Å². The SMILES string of the molecule is C[C@@H](CNc1ccnc(Nc2cccc(Cl)c2)n1)c1ccccc1. The molecule has 0 saturated heterocycles. The van der Waals surface area contributed by atoms with Gasteiger partial charge in [0.25, 0.3) is 0 Å². The zero-order valence-electron chi connectivity index (χ0n) is 13.4. The molecule has 3 aromatic rings. The van der Waals surface area contributed by atoms with Gasteiger partial charge in [-0.2, -0.15) is 4.98 Å². The molecule has 0 fully saturated rings. The number of benzene rings is 2. The summed E-state index contributed by atoms with van der Waals surface area (Å²) in [6.07, 6.45) is 1.73. The van der Waals surface area contributed by atoms with Gasteiger partial charge in [0.2, 0.25) is 5.95 Å². The monoisotopic (exact) mass is 338 g/mol. The van der Waals surface area contributed by atoms with E-state index in [2.05, 4.69) is 51.8 Å². The van der Waals surface area contributed by atoms with Crippen LogP contribution in [0.15, 0.2) is 66.9 Å². The van der Waals surface area contributed by atoms with Crippen LogP contribution in [-0.4, -0.2) is 16.5 Å². The second-order valence-electron chi connectivity index (χ2n) is 5.59. The third kappa shape index (κ3) is 4.46. The van der Waals surface area contributed by atoms with E-state index in [0.29, 0.717) is 16.9 Å². The first kappa shape index (κ1) is 16.3. The topological polar surface area (TPSA) is 49.8 Å². The Labute approximate surface area is 146 Å². The molecule has 0 amide bonds. The maximum atomic E-state index is 5.99. The van der Waals surface area contributed by atoms with Gasteiger partial charge < -0.3 is 10.6 Å². The second-order valence-corrected chi connectivity index (χ2v) is 6.03. The smallest absolute Gasteiger partial charge is 0.229 e. The van der Waals surface area contributed by atoms with Gasteiger partial charge in [-0.1, -0.05) is 54.9 Å². The molecule has 24 heavy (non-hydrogen) atoms. The van der Waals surface area contributed by atoms with E-state index in [4.69, 9.17) is 11.6 Å². The van der Waals surface area contributed by atoms with Crippen molar-refractivity contribution in [3.63, 3.8) is 0 Å². The van der Waals surface area contributed by atoms with Crippen LogP contribution in [0.1, 0.15) is 18.4 Å². The largest absolute Gasteiger partial charge is 0.369 e. The Bertz CT molecular complexity index is 792. The number of hydrogen-bond donors (Lipinski definition) is 2. The Kier molecular flexibility index (Phi) is 5.29. The summed E-state index contributed by atoms with van der Waals surface area (Å²) in [5.41, 5.74) is 2.16. The summed E-state index contributed by atoms with van der Waals surface area (Å²) in [6.45, 7) is 2.99. The zero-order valence-corrected chi connectivity index (χ0v) is 14.2. The minimum absolute atomic E-state index is 0.394. The summed E-state index contributed by atoms with van der Waals surface area (Å²) in [4.78, 5) is 8.73. The predicted octanol–water partition coefficient (Wildman–Crippen LogP) is 5.09. The van der Waals surface area contributed by atoms with E-state index in [1.165, 1.54) is 5.56 Å². The van der Waals surface area contributed by atoms with Crippen molar-refractivity contribution in [1.82, 2.24) is 9.97 Å². The highest BCUT2D eigenvalue weighted by molar-refractivity contribution is 6.30. The first-order chi connectivity index (χ1) is 11.7. The van der Waals surface area contributed by atoms with Gasteiger partial charge in [-0.15, -0.1) is 0 Å². The first-order valence-electron chi connectivity index (χ1n) is 7.85. The van der Waals surface area contributed by atoms with Crippen molar-refractivity contribution in [2.45, 2.75) is 12.8 Å². The molecule has 0 unspecified atom stereocenters. The van der Waals surface area contributed by atoms with Crippen LogP contribution in [0.25, 0.3) is 0 Å². The van der Waals surface area contributed by atoms with E-state index < -0.39 is 0 Å². The molecule has 0 spiro atoms. The summed E-state index contributed by atoms with van der Waals surface area (Å²) in [5, 5.41) is 7.19. The van der Waals surface area contributed by atoms with Crippen LogP contribution in [0.5, 0.6) is 0 Å². The fourth-order valence-electron chi connectivity index (χ4n) is 2.37. The summed E-state index contributed by atoms with van der Waals surface area (Å²) in [7, 11) is 0. The van der Waals surface area contributed by atoms with E-state index in [0.717, 1.165) is 18.1 Å². The molecule has 0 radical (unpaired) electrons. The van der Waals surface area contributed by atoms with Crippen LogP contribution in [0.2, 0.25) is 5.02 Å². The highest BCUT2D eigenvalue weighted by Gasteiger charge is 2.06. The van der Waals surface area contributed by atoms with E-state index in [9.17, 15) is 0 Å². The van der Waals surface area contributed by atoms with Crippen molar-refractivity contribution < 1.29 is 0 Å². The Morgan fingerprint density at radius 3 is 2.67 bits per heavy atom. The quantitative estimate of drug-likeness (QED) is 0.657. The second kappa shape index (κ2) is 7.79. The number of nitrogens with zero attached hydrogens (tertiary/aromatic N) is 2. The van der Waals surface area contributed by atoms with Gasteiger partial charge in [0.15, 0.2) is 0 Å². The number of hydrogen-bond acceptors (Lipinski definition) is 4. The van der Waals surface area contributed by atoms with Crippen LogP contribution >= 0.6 is 11.6 Å². The lowest BCUT2D eigenvalue weighted by atomic mass is 10.0. The normalized spacial score (nSPS) is 11.8. The molecule has 0 aliphatic heterocycles. The predicted molar refractivity (Wildman–Crippen MR) is 100 cm³/mol. The van der Waals surface area contributed by atoms with Crippen molar-refractivity contribution in [3.8, 4) is 0 Å². The number of anilines is 3. The molecule has 5 heteroatoms. The lowest BCUT2D eigenvalue weighted by Gasteiger charge is -2.14. The molecule has 0 aliphatic rings. The molecule has 122 valence electrons. The van der Waals surface area contributed by atoms with E-state index in [-0.39, 0.29) is 0 Å². The van der Waals surface area contributed by atoms with Gasteiger partial charge in [-0.3, -0.25) is 0 Å². The molecule has 0 aliphatic carbocycles. The number of aromatic nitrogens is 2. The molecule has 1 heterocycles. The van der Waals surface area contributed by atoms with Gasteiger partial charge in [-0.25, -0.2) is 4.98 Å². The van der Waals surface area contributed by atoms with Crippen LogP contribution in [0, 0.1) is 0 Å². The highest BCUT2D eigenvalue weighted by Crippen LogP contribution is 2.19. The van der Waals surface area contributed by atoms with Gasteiger partial charge in [0, 0.05) is 23.5 Å². The molecule has 0 bridgehead atoms. The molecule has 1 atom stereocenters. The van der Waals surface area contributed by atoms with Crippen LogP contribution in [0.3, 0.4) is 0 Å². The Hall–Kier alpha value is -2.59. The average molecular weight is 339 g/mol. The van der Waals surface area contributed by atoms with Crippen molar-refractivity contribution >= 4 is 29.1 Å². The third-order valence-electron chi connectivity index (χ3n) is 3.69. The maximum absolute atomic E-state index is 5.99. The van der Waals surface area contributed by atoms with Crippen LogP contribution in [-0.2, 0) is 0 Å². The van der Waals surface area contributed by atoms with Crippen molar-refractivity contribution in [1.29, 1.82) is 0 Å². The Morgan fingerprint density at radius 2 is 1.88 bits per heavy atom. The lowest BCUT2D eigenvalue weighted by Crippen LogP contribution is -2.11. The zero-order chi connectivity index (χ0) is 16.8. The Morgan fingerprint density at radius 1 is 1.04 bits per heavy atom. The van der Waals surface area contributed by atoms with Crippen LogP contribution in [0.4, 0.5) is 17.5 Å². The van der Waals surface area contributed by atoms with Crippen molar-refractivity contribution in [2.24, 2.45) is 0 Å². The van der Waals surface area contributed by atoms with Gasteiger partial charge in [-0.05, 0) is 35.7 Å². The number of nitrogens with one attached hydrogen (secondary N) is 2. The molecule has 0 saturated carbocycles. The summed E-state index contributed by atoms with van der Waals surface area (Å²) in [6, 6.07) is 19.8. The molecule has 1 aromatic heterocycles. The first-order valence-corrected chi connectivity index (χ1v) is 8.23. The van der Waals surface area contributed by atoms with Crippen LogP contribution < -0.4 is 10.6 Å². The van der Waals surface area contributed by atoms with Gasteiger partial charge >= 0.3 is 0 Å². The summed E-state index contributed by atoms with van der Waals surface area (Å²) < 4.78 is 0. The number of halogens is 1. The van der Waals surface area contributed by atoms with Gasteiger partial charge in [0.1, 0.15) is 5.82 Å². The standard InChI is InChI=1S/C19H19ClN4/c1-14(15-6-3-2-4-7-15)13-22-18-10-11-21-19(24-18)23-17-9-5-8-16(20)12-17/h2-12,14H,13H2,1H3,(H2,21,22,23,24)/t14-/m0/s1. The minimum atomic E-state index is 0.394. The lowest BCUT2D eigenvalue weighted by molar-refractivity contribution is 0.801. The molecule has 2 aromatic carbocycles. The van der Waals surface area contributed by atoms with E-state index >= 15 is 0 Å². The fourth-order valence-corrected chi connectivity index (χ4v) is 2.56. The average Bonchev–Trinajstić information content (AvgIpc) is 2.61. The fraction of sp³-hybridized carbons (Fsp3) is 0.158. The van der Waals surface area contributed by atoms with Crippen molar-refractivity contribution in [3.05, 3.63) is 77.4 Å². The highest BCUT2D eigenvalue weighted by atomic mass is 35.5. The number of rotatable bonds is 6. The maximum Gasteiger partial charge on any atom is 0.229 e. The summed E-state index contributed by atoms with van der Waals surface area (Å²) >= 11 is 5.99. The Balaban J connectivity index is 1.63. The molecule has 4 nitrogen and oxygen atoms in total.